The molecule has 1 aromatic heterocycles. The number of aromatic amines is 1. The van der Waals surface area contributed by atoms with Gasteiger partial charge in [-0.05, 0) is 46.1 Å². The number of nitrogens with one attached hydrogen (secondary N) is 1. The number of benzene rings is 2. The van der Waals surface area contributed by atoms with Gasteiger partial charge in [-0.25, -0.2) is 0 Å². The number of Topliss-reactive ketones (excluding diaryl/α,β-unsaturated/α-hetero) is 1. The molecule has 184 valence electrons. The molecule has 4 rings (SSSR count). The van der Waals surface area contributed by atoms with Crippen LogP contribution in [0.25, 0.3) is 16.7 Å². The zero-order valence-electron chi connectivity index (χ0n) is 20.5. The van der Waals surface area contributed by atoms with E-state index in [0.29, 0.717) is 43.4 Å². The van der Waals surface area contributed by atoms with Crippen LogP contribution in [0.2, 0.25) is 0 Å². The normalized spacial score (nSPS) is 17.5. The predicted octanol–water partition coefficient (Wildman–Crippen LogP) is 3.95. The number of nitrogens with zero attached hydrogens (tertiary/aromatic N) is 2. The standard InChI is InChI=1S/C27H31N3O5/c1-5-34-17-11-12-19(22(15-17)35-6-2)25(31)23-24(20-16-28-21-10-8-7-9-18(20)21)30(14-13-29(3)4)27(33)26(23)32/h7-12,15-16,24,28,31H,5-6,13-14H2,1-4H3/b25-23+. The Kier molecular flexibility index (Phi) is 7.12. The summed E-state index contributed by atoms with van der Waals surface area (Å²) in [4.78, 5) is 33.3. The van der Waals surface area contributed by atoms with Gasteiger partial charge in [-0.15, -0.1) is 0 Å². The molecule has 0 bridgehead atoms. The van der Waals surface area contributed by atoms with E-state index in [2.05, 4.69) is 4.98 Å². The van der Waals surface area contributed by atoms with Crippen molar-refractivity contribution in [1.82, 2.24) is 14.8 Å². The van der Waals surface area contributed by atoms with Crippen molar-refractivity contribution in [2.45, 2.75) is 19.9 Å². The number of carbonyl (C=O) groups is 2. The summed E-state index contributed by atoms with van der Waals surface area (Å²) in [6.45, 7) is 5.46. The van der Waals surface area contributed by atoms with Crippen molar-refractivity contribution >= 4 is 28.4 Å². The van der Waals surface area contributed by atoms with E-state index in [1.165, 1.54) is 0 Å². The highest BCUT2D eigenvalue weighted by Gasteiger charge is 2.47. The van der Waals surface area contributed by atoms with Crippen LogP contribution in [0.5, 0.6) is 11.5 Å². The highest BCUT2D eigenvalue weighted by molar-refractivity contribution is 6.46. The van der Waals surface area contributed by atoms with E-state index in [1.54, 1.807) is 29.3 Å². The van der Waals surface area contributed by atoms with E-state index in [1.807, 2.05) is 57.1 Å². The second-order valence-corrected chi connectivity index (χ2v) is 8.61. The van der Waals surface area contributed by atoms with Gasteiger partial charge in [-0.2, -0.15) is 0 Å². The number of aromatic nitrogens is 1. The molecule has 1 saturated heterocycles. The van der Waals surface area contributed by atoms with E-state index >= 15 is 0 Å². The summed E-state index contributed by atoms with van der Waals surface area (Å²) in [6, 6.07) is 12.0. The van der Waals surface area contributed by atoms with Gasteiger partial charge in [-0.3, -0.25) is 9.59 Å². The van der Waals surface area contributed by atoms with Gasteiger partial charge < -0.3 is 29.4 Å². The van der Waals surface area contributed by atoms with Gasteiger partial charge in [0, 0.05) is 41.8 Å². The summed E-state index contributed by atoms with van der Waals surface area (Å²) in [6.07, 6.45) is 1.80. The number of carbonyl (C=O) groups excluding carboxylic acids is 2. The first-order chi connectivity index (χ1) is 16.9. The largest absolute Gasteiger partial charge is 0.507 e. The highest BCUT2D eigenvalue weighted by Crippen LogP contribution is 2.43. The number of hydrogen-bond donors (Lipinski definition) is 2. The van der Waals surface area contributed by atoms with Crippen molar-refractivity contribution in [2.75, 3.05) is 40.4 Å². The molecular weight excluding hydrogens is 446 g/mol. The molecule has 1 unspecified atom stereocenters. The van der Waals surface area contributed by atoms with E-state index in [9.17, 15) is 14.7 Å². The fourth-order valence-corrected chi connectivity index (χ4v) is 4.44. The topological polar surface area (TPSA) is 95.1 Å². The zero-order valence-corrected chi connectivity index (χ0v) is 20.5. The van der Waals surface area contributed by atoms with Crippen molar-refractivity contribution in [2.24, 2.45) is 0 Å². The van der Waals surface area contributed by atoms with Crippen LogP contribution in [0.1, 0.15) is 31.0 Å². The summed E-state index contributed by atoms with van der Waals surface area (Å²) in [5.41, 5.74) is 2.02. The molecule has 35 heavy (non-hydrogen) atoms. The molecule has 1 fully saturated rings. The number of aliphatic hydroxyl groups excluding tert-OH is 1. The summed E-state index contributed by atoms with van der Waals surface area (Å²) in [7, 11) is 3.82. The van der Waals surface area contributed by atoms with Crippen LogP contribution in [-0.2, 0) is 9.59 Å². The van der Waals surface area contributed by atoms with Crippen LogP contribution < -0.4 is 9.47 Å². The fourth-order valence-electron chi connectivity index (χ4n) is 4.44. The Balaban J connectivity index is 1.91. The van der Waals surface area contributed by atoms with Gasteiger partial charge >= 0.3 is 0 Å². The number of rotatable bonds is 9. The molecule has 8 nitrogen and oxygen atoms in total. The minimum Gasteiger partial charge on any atom is -0.507 e. The number of aliphatic hydroxyl groups is 1. The number of likely N-dealkylation sites (N-methyl/N-ethyl adjacent to an activating group) is 1. The quantitative estimate of drug-likeness (QED) is 0.275. The van der Waals surface area contributed by atoms with Gasteiger partial charge in [0.05, 0.1) is 30.4 Å². The Bertz CT molecular complexity index is 1280. The third-order valence-electron chi connectivity index (χ3n) is 6.06. The van der Waals surface area contributed by atoms with Gasteiger partial charge in [0.15, 0.2) is 0 Å². The van der Waals surface area contributed by atoms with Crippen LogP contribution in [0.15, 0.2) is 54.2 Å². The number of likely N-dealkylation sites (tertiary alicyclic amines) is 1. The molecule has 0 spiro atoms. The Morgan fingerprint density at radius 1 is 1.09 bits per heavy atom. The third kappa shape index (κ3) is 4.61. The van der Waals surface area contributed by atoms with Crippen molar-refractivity contribution in [1.29, 1.82) is 0 Å². The van der Waals surface area contributed by atoms with E-state index in [0.717, 1.165) is 16.5 Å². The summed E-state index contributed by atoms with van der Waals surface area (Å²) < 4.78 is 11.3. The monoisotopic (exact) mass is 477 g/mol. The highest BCUT2D eigenvalue weighted by atomic mass is 16.5. The summed E-state index contributed by atoms with van der Waals surface area (Å²) in [5.74, 6) is -0.641. The van der Waals surface area contributed by atoms with Crippen LogP contribution in [0, 0.1) is 0 Å². The first-order valence-electron chi connectivity index (χ1n) is 11.8. The maximum absolute atomic E-state index is 13.4. The van der Waals surface area contributed by atoms with E-state index in [4.69, 9.17) is 9.47 Å². The molecule has 1 aliphatic rings. The van der Waals surface area contributed by atoms with Crippen LogP contribution in [0.4, 0.5) is 0 Å². The summed E-state index contributed by atoms with van der Waals surface area (Å²) >= 11 is 0. The van der Waals surface area contributed by atoms with Crippen molar-refractivity contribution in [3.63, 3.8) is 0 Å². The van der Waals surface area contributed by atoms with E-state index in [-0.39, 0.29) is 11.3 Å². The second-order valence-electron chi connectivity index (χ2n) is 8.61. The number of ketones is 1. The van der Waals surface area contributed by atoms with Gasteiger partial charge in [0.1, 0.15) is 17.3 Å². The lowest BCUT2D eigenvalue weighted by atomic mass is 9.94. The van der Waals surface area contributed by atoms with Gasteiger partial charge in [-0.1, -0.05) is 18.2 Å². The maximum Gasteiger partial charge on any atom is 0.295 e. The fraction of sp³-hybridized carbons (Fsp3) is 0.333. The number of para-hydroxylation sites is 1. The predicted molar refractivity (Wildman–Crippen MR) is 135 cm³/mol. The minimum atomic E-state index is -0.743. The SMILES string of the molecule is CCOc1ccc(/C(O)=C2\C(=O)C(=O)N(CCN(C)C)C2c2c[nH]c3ccccc23)c(OCC)c1. The van der Waals surface area contributed by atoms with Crippen LogP contribution in [0.3, 0.4) is 0 Å². The third-order valence-corrected chi connectivity index (χ3v) is 6.06. The molecule has 0 saturated carbocycles. The Morgan fingerprint density at radius 3 is 2.54 bits per heavy atom. The van der Waals surface area contributed by atoms with Gasteiger partial charge in [0.25, 0.3) is 11.7 Å². The number of H-pyrrole nitrogens is 1. The lowest BCUT2D eigenvalue weighted by molar-refractivity contribution is -0.140. The van der Waals surface area contributed by atoms with E-state index < -0.39 is 17.7 Å². The molecule has 1 aliphatic heterocycles. The molecule has 2 heterocycles. The minimum absolute atomic E-state index is 0.0450. The Morgan fingerprint density at radius 2 is 1.83 bits per heavy atom. The first-order valence-corrected chi connectivity index (χ1v) is 11.8. The van der Waals surface area contributed by atoms with Crippen LogP contribution in [-0.4, -0.2) is 72.0 Å². The average Bonchev–Trinajstić information content (AvgIpc) is 3.36. The molecule has 3 aromatic rings. The first kappa shape index (κ1) is 24.3. The molecule has 1 amide bonds. The lowest BCUT2D eigenvalue weighted by Gasteiger charge is -2.26. The number of fused-ring (bicyclic) bond motifs is 1. The molecule has 0 radical (unpaired) electrons. The molecule has 2 aromatic carbocycles. The molecule has 2 N–H and O–H groups in total. The molecular formula is C27H31N3O5. The lowest BCUT2D eigenvalue weighted by Crippen LogP contribution is -2.35. The average molecular weight is 478 g/mol. The number of hydrogen-bond acceptors (Lipinski definition) is 6. The van der Waals surface area contributed by atoms with Crippen molar-refractivity contribution in [3.05, 3.63) is 65.4 Å². The van der Waals surface area contributed by atoms with Gasteiger partial charge in [0.2, 0.25) is 0 Å². The zero-order chi connectivity index (χ0) is 25.1. The molecule has 0 aliphatic carbocycles. The number of ether oxygens (including phenoxy) is 2. The smallest absolute Gasteiger partial charge is 0.295 e. The molecule has 8 heteroatoms. The maximum atomic E-state index is 13.4. The number of amides is 1. The Labute approximate surface area is 204 Å². The van der Waals surface area contributed by atoms with Crippen LogP contribution >= 0.6 is 0 Å². The molecule has 1 atom stereocenters. The second kappa shape index (κ2) is 10.2. The van der Waals surface area contributed by atoms with Crippen molar-refractivity contribution in [3.8, 4) is 11.5 Å². The Hall–Kier alpha value is -3.78. The summed E-state index contributed by atoms with van der Waals surface area (Å²) in [5, 5.41) is 12.4. The van der Waals surface area contributed by atoms with Crippen molar-refractivity contribution < 1.29 is 24.2 Å².